The molecule has 23 heavy (non-hydrogen) atoms. The molecule has 2 heterocycles. The summed E-state index contributed by atoms with van der Waals surface area (Å²) in [5.74, 6) is 0.367. The first-order chi connectivity index (χ1) is 11.1. The van der Waals surface area contributed by atoms with E-state index in [0.29, 0.717) is 35.5 Å². The second kappa shape index (κ2) is 7.49. The molecule has 0 N–H and O–H groups in total. The Morgan fingerprint density at radius 2 is 2.17 bits per heavy atom. The molecule has 1 aromatic heterocycles. The monoisotopic (exact) mass is 372 g/mol. The van der Waals surface area contributed by atoms with Gasteiger partial charge in [-0.25, -0.2) is 4.98 Å². The van der Waals surface area contributed by atoms with E-state index in [9.17, 15) is 4.79 Å². The first kappa shape index (κ1) is 16.5. The number of hydrogen-bond donors (Lipinski definition) is 0. The van der Waals surface area contributed by atoms with Gasteiger partial charge < -0.3 is 14.4 Å². The number of amides is 1. The molecule has 0 aliphatic carbocycles. The van der Waals surface area contributed by atoms with Gasteiger partial charge in [-0.1, -0.05) is 23.2 Å². The zero-order chi connectivity index (χ0) is 16.2. The van der Waals surface area contributed by atoms with Crippen LogP contribution in [0, 0.1) is 0 Å². The Labute approximate surface area is 147 Å². The number of ether oxygens (including phenoxy) is 2. The largest absolute Gasteiger partial charge is 0.484 e. The summed E-state index contributed by atoms with van der Waals surface area (Å²) in [7, 11) is 0. The van der Waals surface area contributed by atoms with Crippen LogP contribution in [-0.4, -0.2) is 42.1 Å². The third-order valence-electron chi connectivity index (χ3n) is 3.34. The average molecular weight is 373 g/mol. The molecule has 1 fully saturated rings. The van der Waals surface area contributed by atoms with Crippen molar-refractivity contribution in [1.29, 1.82) is 0 Å². The van der Waals surface area contributed by atoms with E-state index in [-0.39, 0.29) is 18.6 Å². The number of nitrogens with zero attached hydrogens (tertiary/aromatic N) is 2. The molecule has 1 aliphatic rings. The fourth-order valence-corrected chi connectivity index (χ4v) is 3.45. The maximum Gasteiger partial charge on any atom is 0.260 e. The Morgan fingerprint density at radius 1 is 1.39 bits per heavy atom. The number of carbonyl (C=O) groups excluding carboxylic acids is 1. The van der Waals surface area contributed by atoms with E-state index in [4.69, 9.17) is 32.7 Å². The van der Waals surface area contributed by atoms with E-state index >= 15 is 0 Å². The van der Waals surface area contributed by atoms with Crippen molar-refractivity contribution in [3.8, 4) is 5.75 Å². The molecule has 0 radical (unpaired) electrons. The Bertz CT molecular complexity index is 661. The van der Waals surface area contributed by atoms with E-state index in [1.807, 2.05) is 5.38 Å². The van der Waals surface area contributed by atoms with Gasteiger partial charge in [0.1, 0.15) is 16.9 Å². The number of morpholine rings is 1. The van der Waals surface area contributed by atoms with Crippen LogP contribution >= 0.6 is 34.5 Å². The molecule has 1 saturated heterocycles. The molecule has 1 atom stereocenters. The zero-order valence-electron chi connectivity index (χ0n) is 12.1. The molecule has 2 aromatic rings. The fraction of sp³-hybridized carbons (Fsp3) is 0.333. The minimum Gasteiger partial charge on any atom is -0.484 e. The van der Waals surface area contributed by atoms with Gasteiger partial charge >= 0.3 is 0 Å². The lowest BCUT2D eigenvalue weighted by Gasteiger charge is -2.31. The molecule has 5 nitrogen and oxygen atoms in total. The van der Waals surface area contributed by atoms with Crippen LogP contribution in [0.2, 0.25) is 10.0 Å². The van der Waals surface area contributed by atoms with Crippen LogP contribution in [0.15, 0.2) is 29.8 Å². The first-order valence-corrected chi connectivity index (χ1v) is 8.63. The van der Waals surface area contributed by atoms with E-state index < -0.39 is 0 Å². The minimum atomic E-state index is -0.173. The van der Waals surface area contributed by atoms with Crippen LogP contribution in [0.25, 0.3) is 0 Å². The number of halogens is 2. The van der Waals surface area contributed by atoms with Gasteiger partial charge in [-0.15, -0.1) is 11.3 Å². The molecule has 1 aromatic carbocycles. The lowest BCUT2D eigenvalue weighted by Crippen LogP contribution is -2.44. The summed E-state index contributed by atoms with van der Waals surface area (Å²) in [5.41, 5.74) is 0. The highest BCUT2D eigenvalue weighted by Gasteiger charge is 2.27. The molecule has 0 saturated carbocycles. The van der Waals surface area contributed by atoms with Crippen molar-refractivity contribution in [3.63, 3.8) is 0 Å². The summed E-state index contributed by atoms with van der Waals surface area (Å²) in [6.07, 6.45) is 1.56. The predicted molar refractivity (Wildman–Crippen MR) is 89.3 cm³/mol. The maximum absolute atomic E-state index is 12.3. The van der Waals surface area contributed by atoms with Crippen molar-refractivity contribution in [2.45, 2.75) is 6.10 Å². The standard InChI is InChI=1S/C15H14Cl2N2O3S/c16-10-5-11(17)7-12(6-10)22-9-14(20)19-2-3-21-13(8-19)15-18-1-4-23-15/h1,4-7,13H,2-3,8-9H2. The predicted octanol–water partition coefficient (Wildman–Crippen LogP) is 3.43. The second-order valence-corrected chi connectivity index (χ2v) is 6.76. The zero-order valence-corrected chi connectivity index (χ0v) is 14.4. The number of thiazole rings is 1. The quantitative estimate of drug-likeness (QED) is 0.824. The number of carbonyl (C=O) groups is 1. The molecule has 0 spiro atoms. The number of aromatic nitrogens is 1. The van der Waals surface area contributed by atoms with Crippen molar-refractivity contribution in [2.75, 3.05) is 26.3 Å². The van der Waals surface area contributed by atoms with Gasteiger partial charge in [0, 0.05) is 28.2 Å². The van der Waals surface area contributed by atoms with Crippen LogP contribution in [0.4, 0.5) is 0 Å². The summed E-state index contributed by atoms with van der Waals surface area (Å²) >= 11 is 13.3. The Balaban J connectivity index is 1.57. The minimum absolute atomic E-state index is 0.0682. The molecule has 8 heteroatoms. The molecular weight excluding hydrogens is 359 g/mol. The molecule has 0 bridgehead atoms. The van der Waals surface area contributed by atoms with Crippen LogP contribution in [0.3, 0.4) is 0 Å². The fourth-order valence-electron chi connectivity index (χ4n) is 2.27. The average Bonchev–Trinajstić information content (AvgIpc) is 3.06. The van der Waals surface area contributed by atoms with Gasteiger partial charge in [0.25, 0.3) is 5.91 Å². The van der Waals surface area contributed by atoms with Crippen molar-refractivity contribution in [1.82, 2.24) is 9.88 Å². The molecular formula is C15H14Cl2N2O3S. The van der Waals surface area contributed by atoms with Crippen LogP contribution < -0.4 is 4.74 Å². The third-order valence-corrected chi connectivity index (χ3v) is 4.65. The Morgan fingerprint density at radius 3 is 2.87 bits per heavy atom. The Hall–Kier alpha value is -1.34. The summed E-state index contributed by atoms with van der Waals surface area (Å²) in [4.78, 5) is 18.3. The van der Waals surface area contributed by atoms with Gasteiger partial charge in [0.05, 0.1) is 13.2 Å². The van der Waals surface area contributed by atoms with E-state index in [2.05, 4.69) is 4.98 Å². The van der Waals surface area contributed by atoms with Crippen molar-refractivity contribution < 1.29 is 14.3 Å². The molecule has 1 aliphatic heterocycles. The molecule has 122 valence electrons. The highest BCUT2D eigenvalue weighted by Crippen LogP contribution is 2.25. The highest BCUT2D eigenvalue weighted by atomic mass is 35.5. The molecule has 1 unspecified atom stereocenters. The first-order valence-electron chi connectivity index (χ1n) is 6.99. The van der Waals surface area contributed by atoms with Gasteiger partial charge in [-0.05, 0) is 18.2 Å². The van der Waals surface area contributed by atoms with E-state index in [0.717, 1.165) is 5.01 Å². The van der Waals surface area contributed by atoms with Crippen LogP contribution in [0.5, 0.6) is 5.75 Å². The smallest absolute Gasteiger partial charge is 0.260 e. The number of benzene rings is 1. The van der Waals surface area contributed by atoms with Crippen LogP contribution in [-0.2, 0) is 9.53 Å². The van der Waals surface area contributed by atoms with Gasteiger partial charge in [-0.2, -0.15) is 0 Å². The van der Waals surface area contributed by atoms with Crippen molar-refractivity contribution in [3.05, 3.63) is 44.8 Å². The Kier molecular flexibility index (Phi) is 5.38. The third kappa shape index (κ3) is 4.35. The highest BCUT2D eigenvalue weighted by molar-refractivity contribution is 7.09. The van der Waals surface area contributed by atoms with E-state index in [1.54, 1.807) is 29.3 Å². The second-order valence-electron chi connectivity index (χ2n) is 4.96. The van der Waals surface area contributed by atoms with Crippen molar-refractivity contribution >= 4 is 40.4 Å². The van der Waals surface area contributed by atoms with Gasteiger partial charge in [-0.3, -0.25) is 4.79 Å². The maximum atomic E-state index is 12.3. The lowest BCUT2D eigenvalue weighted by atomic mass is 10.3. The lowest BCUT2D eigenvalue weighted by molar-refractivity contribution is -0.141. The summed E-state index contributed by atoms with van der Waals surface area (Å²) in [5, 5.41) is 3.71. The van der Waals surface area contributed by atoms with Gasteiger partial charge in [0.15, 0.2) is 6.61 Å². The number of rotatable bonds is 4. The summed E-state index contributed by atoms with van der Waals surface area (Å²) < 4.78 is 11.2. The summed E-state index contributed by atoms with van der Waals surface area (Å²) in [6, 6.07) is 4.86. The van der Waals surface area contributed by atoms with Crippen molar-refractivity contribution in [2.24, 2.45) is 0 Å². The normalized spacial score (nSPS) is 18.0. The topological polar surface area (TPSA) is 51.7 Å². The molecule has 3 rings (SSSR count). The van der Waals surface area contributed by atoms with Crippen LogP contribution in [0.1, 0.15) is 11.1 Å². The van der Waals surface area contributed by atoms with E-state index in [1.165, 1.54) is 11.3 Å². The van der Waals surface area contributed by atoms with Gasteiger partial charge in [0.2, 0.25) is 0 Å². The summed E-state index contributed by atoms with van der Waals surface area (Å²) in [6.45, 7) is 1.44. The number of hydrogen-bond acceptors (Lipinski definition) is 5. The molecule has 1 amide bonds. The SMILES string of the molecule is O=C(COc1cc(Cl)cc(Cl)c1)N1CCOC(c2nccs2)C1.